The average Bonchev–Trinajstić information content (AvgIpc) is 3.48. The van der Waals surface area contributed by atoms with E-state index in [1.165, 1.54) is 12.1 Å². The maximum Gasteiger partial charge on any atom is 0.148 e. The van der Waals surface area contributed by atoms with Gasteiger partial charge in [-0.3, -0.25) is 4.98 Å². The van der Waals surface area contributed by atoms with Crippen molar-refractivity contribution in [1.82, 2.24) is 21.4 Å². The molecular formula is C28H26BClFN7. The van der Waals surface area contributed by atoms with Gasteiger partial charge in [-0.05, 0) is 41.8 Å². The van der Waals surface area contributed by atoms with E-state index in [1.54, 1.807) is 30.6 Å². The predicted molar refractivity (Wildman–Crippen MR) is 152 cm³/mol. The molecule has 2 atom stereocenters. The second-order valence-corrected chi connectivity index (χ2v) is 9.65. The summed E-state index contributed by atoms with van der Waals surface area (Å²) in [4.78, 5) is 4.49. The molecule has 5 N–H and O–H groups in total. The Morgan fingerprint density at radius 3 is 2.58 bits per heavy atom. The summed E-state index contributed by atoms with van der Waals surface area (Å²) in [5, 5.41) is 18.3. The lowest BCUT2D eigenvalue weighted by Crippen LogP contribution is -2.44. The van der Waals surface area contributed by atoms with Gasteiger partial charge in [0.15, 0.2) is 0 Å². The van der Waals surface area contributed by atoms with E-state index in [0.29, 0.717) is 27.5 Å². The molecule has 0 radical (unpaired) electrons. The van der Waals surface area contributed by atoms with E-state index in [1.807, 2.05) is 32.1 Å². The van der Waals surface area contributed by atoms with Crippen LogP contribution in [-0.2, 0) is 5.44 Å². The third-order valence-corrected chi connectivity index (χ3v) is 7.10. The monoisotopic (exact) mass is 525 g/mol. The van der Waals surface area contributed by atoms with Gasteiger partial charge in [-0.1, -0.05) is 61.0 Å². The van der Waals surface area contributed by atoms with Crippen LogP contribution in [0.15, 0.2) is 84.8 Å². The number of benzene rings is 3. The Bertz CT molecular complexity index is 1540. The largest absolute Gasteiger partial charge is 0.378 e. The molecule has 38 heavy (non-hydrogen) atoms. The minimum Gasteiger partial charge on any atom is -0.378 e. The Kier molecular flexibility index (Phi) is 7.10. The Hall–Kier alpha value is -4.26. The maximum absolute atomic E-state index is 13.7. The van der Waals surface area contributed by atoms with Crippen LogP contribution in [0.2, 0.25) is 5.02 Å². The predicted octanol–water partition coefficient (Wildman–Crippen LogP) is 4.81. The van der Waals surface area contributed by atoms with Gasteiger partial charge in [0.25, 0.3) is 0 Å². The molecule has 0 aliphatic carbocycles. The summed E-state index contributed by atoms with van der Waals surface area (Å²) < 4.78 is 13.7. The summed E-state index contributed by atoms with van der Waals surface area (Å²) in [6.45, 7) is 2.10. The molecule has 190 valence electrons. The lowest BCUT2D eigenvalue weighted by molar-refractivity contribution is 0.571. The SMILES string of the molecule is BC(Nc1cc(Cl)c2ncc(C#N)c(N[C@H](CC)c3ccccc3)c2c1)(C1=CNNN1)c1ccc(F)cc1. The minimum atomic E-state index is -0.787. The zero-order valence-corrected chi connectivity index (χ0v) is 21.7. The Balaban J connectivity index is 1.61. The quantitative estimate of drug-likeness (QED) is 0.211. The molecular weight excluding hydrogens is 500 g/mol. The topological polar surface area (TPSA) is 96.8 Å². The van der Waals surface area contributed by atoms with E-state index in [9.17, 15) is 9.65 Å². The van der Waals surface area contributed by atoms with Gasteiger partial charge in [0, 0.05) is 23.5 Å². The average molecular weight is 526 g/mol. The molecule has 3 aromatic carbocycles. The minimum absolute atomic E-state index is 0.0150. The van der Waals surface area contributed by atoms with Crippen molar-refractivity contribution in [3.05, 3.63) is 112 Å². The van der Waals surface area contributed by atoms with Gasteiger partial charge in [0.05, 0.1) is 39.0 Å². The summed E-state index contributed by atoms with van der Waals surface area (Å²) >= 11 is 6.75. The number of nitriles is 1. The zero-order chi connectivity index (χ0) is 26.7. The van der Waals surface area contributed by atoms with Crippen LogP contribution < -0.4 is 27.0 Å². The highest BCUT2D eigenvalue weighted by Crippen LogP contribution is 2.38. The molecule has 1 aliphatic rings. The van der Waals surface area contributed by atoms with Crippen molar-refractivity contribution in [2.75, 3.05) is 10.6 Å². The van der Waals surface area contributed by atoms with Crippen molar-refractivity contribution >= 4 is 41.7 Å². The second kappa shape index (κ2) is 10.6. The van der Waals surface area contributed by atoms with Crippen LogP contribution in [0.25, 0.3) is 10.9 Å². The molecule has 7 nitrogen and oxygen atoms in total. The number of hydrogen-bond donors (Lipinski definition) is 5. The number of nitrogens with zero attached hydrogens (tertiary/aromatic N) is 2. The van der Waals surface area contributed by atoms with Gasteiger partial charge in [0.2, 0.25) is 0 Å². The van der Waals surface area contributed by atoms with Crippen LogP contribution in [-0.4, -0.2) is 12.8 Å². The summed E-state index contributed by atoms with van der Waals surface area (Å²) in [6, 6.07) is 22.4. The first kappa shape index (κ1) is 25.4. The van der Waals surface area contributed by atoms with Gasteiger partial charge in [-0.2, -0.15) is 10.8 Å². The highest BCUT2D eigenvalue weighted by molar-refractivity contribution is 6.36. The first-order chi connectivity index (χ1) is 18.4. The number of hydrogen-bond acceptors (Lipinski definition) is 7. The fourth-order valence-electron chi connectivity index (χ4n) is 4.74. The van der Waals surface area contributed by atoms with Crippen molar-refractivity contribution in [1.29, 1.82) is 5.26 Å². The van der Waals surface area contributed by atoms with Gasteiger partial charge in [0.1, 0.15) is 19.7 Å². The number of anilines is 2. The van der Waals surface area contributed by atoms with Crippen molar-refractivity contribution < 1.29 is 4.39 Å². The molecule has 0 saturated carbocycles. The molecule has 0 saturated heterocycles. The summed E-state index contributed by atoms with van der Waals surface area (Å²) in [7, 11) is 1.98. The summed E-state index contributed by atoms with van der Waals surface area (Å²) in [5.41, 5.74) is 13.2. The van der Waals surface area contributed by atoms with Crippen molar-refractivity contribution in [2.24, 2.45) is 0 Å². The molecule has 0 amide bonds. The molecule has 1 unspecified atom stereocenters. The lowest BCUT2D eigenvalue weighted by Gasteiger charge is -2.34. The molecule has 2 heterocycles. The number of halogens is 2. The fraction of sp³-hybridized carbons (Fsp3) is 0.143. The van der Waals surface area contributed by atoms with Gasteiger partial charge in [-0.25, -0.2) is 4.39 Å². The van der Waals surface area contributed by atoms with E-state index in [0.717, 1.165) is 28.6 Å². The first-order valence-corrected chi connectivity index (χ1v) is 12.7. The second-order valence-electron chi connectivity index (χ2n) is 9.24. The van der Waals surface area contributed by atoms with Crippen LogP contribution in [0.3, 0.4) is 0 Å². The van der Waals surface area contributed by atoms with E-state index >= 15 is 0 Å². The first-order valence-electron chi connectivity index (χ1n) is 12.3. The molecule has 5 rings (SSSR count). The highest BCUT2D eigenvalue weighted by atomic mass is 35.5. The molecule has 10 heteroatoms. The Labute approximate surface area is 226 Å². The third-order valence-electron chi connectivity index (χ3n) is 6.81. The maximum atomic E-state index is 13.7. The smallest absolute Gasteiger partial charge is 0.148 e. The zero-order valence-electron chi connectivity index (χ0n) is 20.9. The number of rotatable bonds is 8. The van der Waals surface area contributed by atoms with Crippen LogP contribution in [0, 0.1) is 17.1 Å². The number of aromatic nitrogens is 1. The third kappa shape index (κ3) is 4.84. The van der Waals surface area contributed by atoms with Crippen molar-refractivity contribution in [3.63, 3.8) is 0 Å². The van der Waals surface area contributed by atoms with Crippen molar-refractivity contribution in [3.8, 4) is 6.07 Å². The van der Waals surface area contributed by atoms with E-state index in [4.69, 9.17) is 11.6 Å². The van der Waals surface area contributed by atoms with Gasteiger partial charge in [-0.15, -0.1) is 0 Å². The fourth-order valence-corrected chi connectivity index (χ4v) is 5.00. The van der Waals surface area contributed by atoms with Crippen molar-refractivity contribution in [2.45, 2.75) is 24.8 Å². The molecule has 1 aliphatic heterocycles. The molecule has 0 spiro atoms. The number of hydrazine groups is 2. The number of nitrogens with one attached hydrogen (secondary N) is 5. The highest BCUT2D eigenvalue weighted by Gasteiger charge is 2.33. The molecule has 0 bridgehead atoms. The van der Waals surface area contributed by atoms with Crippen LogP contribution >= 0.6 is 11.6 Å². The standard InChI is InChI=1S/C28H26BClFN7/c1-2-24(17-6-4-3-5-7-17)35-26-18(14-32)15-33-27-22(26)12-21(13-23(27)30)36-28(29,25-16-34-38-37-25)19-8-10-20(31)11-9-19/h3-13,15-16,24,34,36-38H,2,29H2,1H3,(H,33,35)/t24-,28?/m1/s1. The Morgan fingerprint density at radius 1 is 1.16 bits per heavy atom. The Morgan fingerprint density at radius 2 is 1.92 bits per heavy atom. The van der Waals surface area contributed by atoms with Gasteiger partial charge < -0.3 is 21.5 Å². The number of fused-ring (bicyclic) bond motifs is 1. The van der Waals surface area contributed by atoms with Gasteiger partial charge >= 0.3 is 0 Å². The molecule has 4 aromatic rings. The van der Waals surface area contributed by atoms with E-state index < -0.39 is 5.44 Å². The van der Waals surface area contributed by atoms with E-state index in [-0.39, 0.29) is 11.9 Å². The van der Waals surface area contributed by atoms with Crippen LogP contribution in [0.4, 0.5) is 15.8 Å². The van der Waals surface area contributed by atoms with Crippen LogP contribution in [0.5, 0.6) is 0 Å². The lowest BCUT2D eigenvalue weighted by atomic mass is 9.69. The van der Waals surface area contributed by atoms with Crippen LogP contribution in [0.1, 0.15) is 36.1 Å². The normalized spacial score (nSPS) is 14.9. The number of pyridine rings is 1. The molecule has 0 fully saturated rings. The molecule has 1 aromatic heterocycles. The summed E-state index contributed by atoms with van der Waals surface area (Å²) in [6.07, 6.45) is 4.16. The van der Waals surface area contributed by atoms with E-state index in [2.05, 4.69) is 57.1 Å². The summed E-state index contributed by atoms with van der Waals surface area (Å²) in [5.74, 6) is -0.316.